The number of carbonyl (C=O) groups is 1. The molecule has 0 saturated carbocycles. The molecule has 2 aromatic heterocycles. The van der Waals surface area contributed by atoms with E-state index in [1.807, 2.05) is 0 Å². The number of amides is 1. The number of nitrogens with zero attached hydrogens (tertiary/aromatic N) is 5. The van der Waals surface area contributed by atoms with E-state index in [1.54, 1.807) is 50.2 Å². The zero-order valence-corrected chi connectivity index (χ0v) is 20.2. The number of aliphatic hydroxyl groups is 1. The van der Waals surface area contributed by atoms with E-state index in [2.05, 4.69) is 20.3 Å². The molecule has 4 rings (SSSR count). The molecular weight excluding hydrogens is 489 g/mol. The molecule has 4 aromatic rings. The number of anilines is 2. The molecule has 0 atom stereocenters. The number of alkyl halides is 3. The van der Waals surface area contributed by atoms with E-state index in [9.17, 15) is 22.8 Å². The Morgan fingerprint density at radius 3 is 2.59 bits per heavy atom. The molecule has 37 heavy (non-hydrogen) atoms. The molecule has 9 nitrogen and oxygen atoms in total. The number of likely N-dealkylation sites (N-methyl/N-ethyl adjacent to an activating group) is 1. The Morgan fingerprint density at radius 1 is 1.14 bits per heavy atom. The first-order valence-corrected chi connectivity index (χ1v) is 11.2. The summed E-state index contributed by atoms with van der Waals surface area (Å²) in [6, 6.07) is 8.93. The number of halogens is 3. The Labute approximate surface area is 209 Å². The second-order valence-corrected chi connectivity index (χ2v) is 8.40. The number of carbonyl (C=O) groups excluding carboxylic acids is 1. The summed E-state index contributed by atoms with van der Waals surface area (Å²) in [4.78, 5) is 40.1. The van der Waals surface area contributed by atoms with Crippen LogP contribution in [-0.2, 0) is 6.18 Å². The fourth-order valence-corrected chi connectivity index (χ4v) is 3.79. The van der Waals surface area contributed by atoms with E-state index in [0.717, 1.165) is 18.2 Å². The van der Waals surface area contributed by atoms with E-state index >= 15 is 0 Å². The number of nitrogens with one attached hydrogen (secondary N) is 1. The number of aryl methyl sites for hydroxylation is 2. The van der Waals surface area contributed by atoms with E-state index in [1.165, 1.54) is 10.6 Å². The van der Waals surface area contributed by atoms with Crippen LogP contribution in [0.2, 0.25) is 0 Å². The first-order chi connectivity index (χ1) is 17.5. The molecule has 1 amide bonds. The summed E-state index contributed by atoms with van der Waals surface area (Å²) in [5.41, 5.74) is 0.425. The molecule has 0 aliphatic rings. The molecule has 0 aliphatic heterocycles. The van der Waals surface area contributed by atoms with Crippen molar-refractivity contribution in [1.82, 2.24) is 19.5 Å². The zero-order chi connectivity index (χ0) is 26.9. The van der Waals surface area contributed by atoms with Crippen LogP contribution in [0, 0.1) is 13.8 Å². The lowest BCUT2D eigenvalue weighted by molar-refractivity contribution is -0.137. The Morgan fingerprint density at radius 2 is 1.89 bits per heavy atom. The van der Waals surface area contributed by atoms with Gasteiger partial charge in [0.05, 0.1) is 23.2 Å². The first-order valence-electron chi connectivity index (χ1n) is 11.2. The van der Waals surface area contributed by atoms with Crippen molar-refractivity contribution in [3.05, 3.63) is 81.5 Å². The molecule has 2 N–H and O–H groups in total. The largest absolute Gasteiger partial charge is 0.416 e. The minimum absolute atomic E-state index is 0.0914. The average molecular weight is 512 g/mol. The third-order valence-corrected chi connectivity index (χ3v) is 5.81. The van der Waals surface area contributed by atoms with Crippen LogP contribution in [0.15, 0.2) is 53.5 Å². The van der Waals surface area contributed by atoms with Crippen LogP contribution in [0.4, 0.5) is 24.8 Å². The van der Waals surface area contributed by atoms with Gasteiger partial charge in [0, 0.05) is 36.7 Å². The summed E-state index contributed by atoms with van der Waals surface area (Å²) in [5, 5.41) is 12.3. The van der Waals surface area contributed by atoms with Crippen molar-refractivity contribution in [2.75, 3.05) is 30.4 Å². The van der Waals surface area contributed by atoms with Gasteiger partial charge in [-0.2, -0.15) is 23.1 Å². The quantitative estimate of drug-likeness (QED) is 0.407. The monoisotopic (exact) mass is 512 g/mol. The molecule has 0 radical (unpaired) electrons. The van der Waals surface area contributed by atoms with Gasteiger partial charge in [-0.3, -0.25) is 9.36 Å². The van der Waals surface area contributed by atoms with Crippen LogP contribution in [0.25, 0.3) is 16.7 Å². The van der Waals surface area contributed by atoms with Gasteiger partial charge in [-0.05, 0) is 49.7 Å². The van der Waals surface area contributed by atoms with Crippen molar-refractivity contribution in [2.45, 2.75) is 20.0 Å². The van der Waals surface area contributed by atoms with Crippen molar-refractivity contribution in [3.8, 4) is 5.69 Å². The second kappa shape index (κ2) is 9.97. The van der Waals surface area contributed by atoms with Crippen LogP contribution in [0.5, 0.6) is 0 Å². The number of aliphatic hydroxyl groups excluding tert-OH is 1. The molecule has 0 bridgehead atoms. The number of aromatic nitrogens is 4. The van der Waals surface area contributed by atoms with Crippen LogP contribution in [0.3, 0.4) is 0 Å². The Bertz CT molecular complexity index is 1550. The van der Waals surface area contributed by atoms with Crippen LogP contribution >= 0.6 is 0 Å². The molecule has 192 valence electrons. The van der Waals surface area contributed by atoms with Crippen LogP contribution in [0.1, 0.15) is 27.2 Å². The summed E-state index contributed by atoms with van der Waals surface area (Å²) < 4.78 is 40.5. The van der Waals surface area contributed by atoms with Crippen molar-refractivity contribution in [3.63, 3.8) is 0 Å². The number of rotatable bonds is 6. The fraction of sp³-hybridized carbons (Fsp3) is 0.240. The van der Waals surface area contributed by atoms with Gasteiger partial charge >= 0.3 is 11.9 Å². The van der Waals surface area contributed by atoms with Gasteiger partial charge in [0.15, 0.2) is 5.65 Å². The molecule has 0 unspecified atom stereocenters. The minimum atomic E-state index is -4.58. The van der Waals surface area contributed by atoms with Crippen molar-refractivity contribution in [2.24, 2.45) is 0 Å². The number of benzene rings is 2. The van der Waals surface area contributed by atoms with E-state index in [4.69, 9.17) is 5.11 Å². The van der Waals surface area contributed by atoms with Gasteiger partial charge in [-0.25, -0.2) is 9.78 Å². The van der Waals surface area contributed by atoms with Crippen molar-refractivity contribution >= 4 is 28.6 Å². The van der Waals surface area contributed by atoms with Crippen LogP contribution in [-0.4, -0.2) is 50.7 Å². The average Bonchev–Trinajstić information content (AvgIpc) is 2.85. The van der Waals surface area contributed by atoms with Gasteiger partial charge in [0.25, 0.3) is 5.91 Å². The number of fused-ring (bicyclic) bond motifs is 1. The molecule has 0 aliphatic carbocycles. The smallest absolute Gasteiger partial charge is 0.395 e. The normalized spacial score (nSPS) is 11.5. The lowest BCUT2D eigenvalue weighted by Crippen LogP contribution is -2.26. The standard InChI is InChI=1S/C25H23F3N6O3/c1-14-7-8-18(30-22(36)16-5-4-6-17(11-16)25(26,27)28)12-20(14)34-15(2)19-13-29-23(33(3)9-10-35)31-21(19)32-24(34)37/h4-8,11-13,35H,9-10H2,1-3H3,(H,30,36). The van der Waals surface area contributed by atoms with E-state index in [-0.39, 0.29) is 23.5 Å². The topological polar surface area (TPSA) is 113 Å². The molecule has 2 heterocycles. The van der Waals surface area contributed by atoms with E-state index < -0.39 is 23.3 Å². The highest BCUT2D eigenvalue weighted by atomic mass is 19.4. The molecular formula is C25H23F3N6O3. The lowest BCUT2D eigenvalue weighted by atomic mass is 10.1. The van der Waals surface area contributed by atoms with Gasteiger partial charge in [0.1, 0.15) is 0 Å². The molecule has 0 fully saturated rings. The summed E-state index contributed by atoms with van der Waals surface area (Å²) in [5.74, 6) is -0.421. The Hall–Kier alpha value is -4.32. The van der Waals surface area contributed by atoms with Crippen LogP contribution < -0.4 is 15.9 Å². The maximum absolute atomic E-state index is 13.0. The Kier molecular flexibility index (Phi) is 6.94. The summed E-state index contributed by atoms with van der Waals surface area (Å²) >= 11 is 0. The van der Waals surface area contributed by atoms with Gasteiger partial charge in [-0.15, -0.1) is 0 Å². The second-order valence-electron chi connectivity index (χ2n) is 8.40. The highest BCUT2D eigenvalue weighted by Crippen LogP contribution is 2.30. The summed E-state index contributed by atoms with van der Waals surface area (Å²) in [6.07, 6.45) is -3.04. The maximum Gasteiger partial charge on any atom is 0.416 e. The highest BCUT2D eigenvalue weighted by molar-refractivity contribution is 6.04. The molecule has 2 aromatic carbocycles. The number of hydrogen-bond acceptors (Lipinski definition) is 7. The van der Waals surface area contributed by atoms with Crippen molar-refractivity contribution in [1.29, 1.82) is 0 Å². The third kappa shape index (κ3) is 5.28. The van der Waals surface area contributed by atoms with E-state index in [0.29, 0.717) is 34.8 Å². The predicted molar refractivity (Wildman–Crippen MR) is 132 cm³/mol. The highest BCUT2D eigenvalue weighted by Gasteiger charge is 2.31. The fourth-order valence-electron chi connectivity index (χ4n) is 3.79. The van der Waals surface area contributed by atoms with Gasteiger partial charge in [0.2, 0.25) is 5.95 Å². The first kappa shape index (κ1) is 25.8. The SMILES string of the molecule is Cc1ccc(NC(=O)c2cccc(C(F)(F)F)c2)cc1-n1c(C)c2cnc(N(C)CCO)nc2nc1=O. The lowest BCUT2D eigenvalue weighted by Gasteiger charge is -2.17. The molecule has 0 spiro atoms. The number of hydrogen-bond donors (Lipinski definition) is 2. The predicted octanol–water partition coefficient (Wildman–Crippen LogP) is 3.49. The van der Waals surface area contributed by atoms with Gasteiger partial charge in [-0.1, -0.05) is 12.1 Å². The molecule has 0 saturated heterocycles. The minimum Gasteiger partial charge on any atom is -0.395 e. The van der Waals surface area contributed by atoms with Gasteiger partial charge < -0.3 is 15.3 Å². The molecule has 12 heteroatoms. The zero-order valence-electron chi connectivity index (χ0n) is 20.2. The summed E-state index contributed by atoms with van der Waals surface area (Å²) in [7, 11) is 1.70. The summed E-state index contributed by atoms with van der Waals surface area (Å²) in [6.45, 7) is 3.69. The van der Waals surface area contributed by atoms with Crippen molar-refractivity contribution < 1.29 is 23.1 Å². The third-order valence-electron chi connectivity index (χ3n) is 5.81. The Balaban J connectivity index is 1.71. The maximum atomic E-state index is 13.0.